The molecule has 0 aliphatic heterocycles. The van der Waals surface area contributed by atoms with E-state index in [2.05, 4.69) is 16.9 Å². The zero-order valence-corrected chi connectivity index (χ0v) is 10.2. The summed E-state index contributed by atoms with van der Waals surface area (Å²) in [6.07, 6.45) is 4.19. The first-order chi connectivity index (χ1) is 8.29. The van der Waals surface area contributed by atoms with Crippen molar-refractivity contribution in [3.05, 3.63) is 35.5 Å². The summed E-state index contributed by atoms with van der Waals surface area (Å²) in [5.41, 5.74) is 0.414. The average Bonchev–Trinajstić information content (AvgIpc) is 2.35. The van der Waals surface area contributed by atoms with Crippen LogP contribution in [0.2, 0.25) is 5.02 Å². The quantitative estimate of drug-likeness (QED) is 0.598. The van der Waals surface area contributed by atoms with Crippen molar-refractivity contribution >= 4 is 17.4 Å². The van der Waals surface area contributed by atoms with Crippen molar-refractivity contribution in [3.8, 4) is 6.07 Å². The molecule has 0 saturated heterocycles. The summed E-state index contributed by atoms with van der Waals surface area (Å²) < 4.78 is 5.32. The van der Waals surface area contributed by atoms with Crippen LogP contribution in [0.3, 0.4) is 0 Å². The minimum Gasteiger partial charge on any atom is -0.379 e. The van der Waals surface area contributed by atoms with Gasteiger partial charge in [0.05, 0.1) is 18.8 Å². The molecule has 0 amide bonds. The van der Waals surface area contributed by atoms with Gasteiger partial charge in [0.15, 0.2) is 0 Å². The molecule has 0 radical (unpaired) electrons. The fourth-order valence-corrected chi connectivity index (χ4v) is 1.38. The van der Waals surface area contributed by atoms with Crippen LogP contribution in [0.25, 0.3) is 0 Å². The number of rotatable bonds is 7. The first kappa shape index (κ1) is 13.5. The molecule has 0 bridgehead atoms. The molecule has 0 saturated carbocycles. The highest BCUT2D eigenvalue weighted by Gasteiger charge is 2.05. The molecule has 1 rings (SSSR count). The van der Waals surface area contributed by atoms with Gasteiger partial charge in [0.1, 0.15) is 16.9 Å². The summed E-state index contributed by atoms with van der Waals surface area (Å²) in [4.78, 5) is 4.05. The summed E-state index contributed by atoms with van der Waals surface area (Å²) in [6, 6.07) is 3.58. The second kappa shape index (κ2) is 7.66. The minimum absolute atomic E-state index is 0.348. The van der Waals surface area contributed by atoms with E-state index in [0.717, 1.165) is 6.42 Å². The van der Waals surface area contributed by atoms with Gasteiger partial charge in [-0.3, -0.25) is 0 Å². The highest BCUT2D eigenvalue weighted by atomic mass is 35.5. The molecule has 0 fully saturated rings. The first-order valence-corrected chi connectivity index (χ1v) is 5.64. The smallest absolute Gasteiger partial charge is 0.146 e. The maximum atomic E-state index is 8.79. The van der Waals surface area contributed by atoms with Crippen molar-refractivity contribution in [2.24, 2.45) is 0 Å². The van der Waals surface area contributed by atoms with Gasteiger partial charge in [-0.05, 0) is 12.5 Å². The predicted molar refractivity (Wildman–Crippen MR) is 68.1 cm³/mol. The van der Waals surface area contributed by atoms with Gasteiger partial charge in [-0.25, -0.2) is 4.98 Å². The van der Waals surface area contributed by atoms with Gasteiger partial charge < -0.3 is 10.1 Å². The number of pyridine rings is 1. The highest BCUT2D eigenvalue weighted by Crippen LogP contribution is 2.22. The lowest BCUT2D eigenvalue weighted by molar-refractivity contribution is 0.149. The van der Waals surface area contributed by atoms with Crippen molar-refractivity contribution in [3.63, 3.8) is 0 Å². The Labute approximate surface area is 106 Å². The number of hydrogen-bond donors (Lipinski definition) is 1. The molecule has 0 spiro atoms. The third-order valence-corrected chi connectivity index (χ3v) is 2.40. The lowest BCUT2D eigenvalue weighted by Gasteiger charge is -2.08. The first-order valence-electron chi connectivity index (χ1n) is 5.26. The maximum absolute atomic E-state index is 8.79. The Morgan fingerprint density at radius 2 is 2.41 bits per heavy atom. The number of anilines is 1. The summed E-state index contributed by atoms with van der Waals surface area (Å²) in [6.45, 7) is 5.41. The normalized spacial score (nSPS) is 9.65. The SMILES string of the molecule is C=CCCOCCNc1nccc(C#N)c1Cl. The van der Waals surface area contributed by atoms with Crippen molar-refractivity contribution < 1.29 is 4.74 Å². The average molecular weight is 252 g/mol. The number of halogens is 1. The molecule has 0 aliphatic rings. The van der Waals surface area contributed by atoms with Gasteiger partial charge in [0.25, 0.3) is 0 Å². The standard InChI is InChI=1S/C12H14ClN3O/c1-2-3-7-17-8-6-16-12-11(13)10(9-14)4-5-15-12/h2,4-5H,1,3,6-8H2,(H,15,16). The zero-order valence-electron chi connectivity index (χ0n) is 9.45. The van der Waals surface area contributed by atoms with E-state index in [1.807, 2.05) is 12.1 Å². The number of nitrogens with one attached hydrogen (secondary N) is 1. The summed E-state index contributed by atoms with van der Waals surface area (Å²) in [5.74, 6) is 0.512. The van der Waals surface area contributed by atoms with E-state index < -0.39 is 0 Å². The molecule has 0 unspecified atom stereocenters. The van der Waals surface area contributed by atoms with Gasteiger partial charge in [-0.1, -0.05) is 17.7 Å². The molecule has 17 heavy (non-hydrogen) atoms. The van der Waals surface area contributed by atoms with Crippen LogP contribution >= 0.6 is 11.6 Å². The van der Waals surface area contributed by atoms with Gasteiger partial charge in [-0.15, -0.1) is 6.58 Å². The van der Waals surface area contributed by atoms with Crippen molar-refractivity contribution in [1.29, 1.82) is 5.26 Å². The molecule has 1 aromatic rings. The van der Waals surface area contributed by atoms with Crippen molar-refractivity contribution in [2.45, 2.75) is 6.42 Å². The summed E-state index contributed by atoms with van der Waals surface area (Å²) >= 11 is 5.97. The second-order valence-corrected chi connectivity index (χ2v) is 3.63. The fourth-order valence-electron chi connectivity index (χ4n) is 1.16. The Kier molecular flexibility index (Phi) is 6.08. The predicted octanol–water partition coefficient (Wildman–Crippen LogP) is 2.61. The Hall–Kier alpha value is -1.57. The third kappa shape index (κ3) is 4.43. The maximum Gasteiger partial charge on any atom is 0.146 e. The van der Waals surface area contributed by atoms with E-state index in [9.17, 15) is 0 Å². The van der Waals surface area contributed by atoms with Crippen LogP contribution < -0.4 is 5.32 Å². The Bertz CT molecular complexity index is 415. The number of ether oxygens (including phenoxy) is 1. The molecular weight excluding hydrogens is 238 g/mol. The van der Waals surface area contributed by atoms with Crippen LogP contribution in [0.4, 0.5) is 5.82 Å². The Morgan fingerprint density at radius 1 is 1.59 bits per heavy atom. The molecule has 5 heteroatoms. The van der Waals surface area contributed by atoms with Gasteiger partial charge in [0, 0.05) is 12.7 Å². The molecule has 0 aliphatic carbocycles. The number of nitriles is 1. The molecule has 4 nitrogen and oxygen atoms in total. The lowest BCUT2D eigenvalue weighted by Crippen LogP contribution is -2.11. The van der Waals surface area contributed by atoms with Crippen molar-refractivity contribution in [2.75, 3.05) is 25.1 Å². The monoisotopic (exact) mass is 251 g/mol. The van der Waals surface area contributed by atoms with Crippen LogP contribution in [-0.4, -0.2) is 24.7 Å². The van der Waals surface area contributed by atoms with E-state index in [1.165, 1.54) is 0 Å². The number of aromatic nitrogens is 1. The van der Waals surface area contributed by atoms with E-state index >= 15 is 0 Å². The summed E-state index contributed by atoms with van der Waals surface area (Å²) in [5, 5.41) is 12.2. The van der Waals surface area contributed by atoms with E-state index in [1.54, 1.807) is 12.3 Å². The number of hydrogen-bond acceptors (Lipinski definition) is 4. The summed E-state index contributed by atoms with van der Waals surface area (Å²) in [7, 11) is 0. The van der Waals surface area contributed by atoms with E-state index in [4.69, 9.17) is 21.6 Å². The van der Waals surface area contributed by atoms with E-state index in [-0.39, 0.29) is 0 Å². The molecule has 90 valence electrons. The molecule has 1 N–H and O–H groups in total. The molecule has 0 aromatic carbocycles. The van der Waals surface area contributed by atoms with Gasteiger partial charge in [0.2, 0.25) is 0 Å². The largest absolute Gasteiger partial charge is 0.379 e. The third-order valence-electron chi connectivity index (χ3n) is 2.01. The Morgan fingerprint density at radius 3 is 3.12 bits per heavy atom. The molecule has 1 heterocycles. The second-order valence-electron chi connectivity index (χ2n) is 3.25. The number of nitrogens with zero attached hydrogens (tertiary/aromatic N) is 2. The van der Waals surface area contributed by atoms with Crippen LogP contribution in [-0.2, 0) is 4.74 Å². The topological polar surface area (TPSA) is 57.9 Å². The van der Waals surface area contributed by atoms with E-state index in [0.29, 0.717) is 36.2 Å². The van der Waals surface area contributed by atoms with Crippen LogP contribution in [0.1, 0.15) is 12.0 Å². The van der Waals surface area contributed by atoms with Crippen LogP contribution in [0, 0.1) is 11.3 Å². The molecule has 0 atom stereocenters. The molecule has 1 aromatic heterocycles. The van der Waals surface area contributed by atoms with Gasteiger partial charge in [-0.2, -0.15) is 5.26 Å². The van der Waals surface area contributed by atoms with Crippen LogP contribution in [0.15, 0.2) is 24.9 Å². The molecular formula is C12H14ClN3O. The highest BCUT2D eigenvalue weighted by molar-refractivity contribution is 6.34. The zero-order chi connectivity index (χ0) is 12.5. The fraction of sp³-hybridized carbons (Fsp3) is 0.333. The Balaban J connectivity index is 2.37. The lowest BCUT2D eigenvalue weighted by atomic mass is 10.3. The van der Waals surface area contributed by atoms with Crippen LogP contribution in [0.5, 0.6) is 0 Å². The van der Waals surface area contributed by atoms with Crippen molar-refractivity contribution in [1.82, 2.24) is 4.98 Å². The van der Waals surface area contributed by atoms with Gasteiger partial charge >= 0.3 is 0 Å². The minimum atomic E-state index is 0.348.